The highest BCUT2D eigenvalue weighted by molar-refractivity contribution is 7.79. The van der Waals surface area contributed by atoms with Crippen LogP contribution in [0.25, 0.3) is 0 Å². The lowest BCUT2D eigenvalue weighted by molar-refractivity contribution is -0.123. The fraction of sp³-hybridized carbons (Fsp3) is 0.500. The lowest BCUT2D eigenvalue weighted by Crippen LogP contribution is -2.45. The zero-order valence-electron chi connectivity index (χ0n) is 15.2. The number of hydrogen-bond acceptors (Lipinski definition) is 7. The highest BCUT2D eigenvalue weighted by Crippen LogP contribution is 2.04. The van der Waals surface area contributed by atoms with Crippen LogP contribution in [0, 0.1) is 0 Å². The molecule has 7 N–H and O–H groups in total. The molecular weight excluding hydrogens is 374 g/mol. The van der Waals surface area contributed by atoms with Crippen molar-refractivity contribution in [3.8, 4) is 0 Å². The summed E-state index contributed by atoms with van der Waals surface area (Å²) in [6.45, 7) is 2.55. The van der Waals surface area contributed by atoms with Crippen LogP contribution in [0.3, 0.4) is 0 Å². The van der Waals surface area contributed by atoms with Crippen LogP contribution < -0.4 is 22.5 Å². The van der Waals surface area contributed by atoms with Gasteiger partial charge in [-0.05, 0) is 38.2 Å². The van der Waals surface area contributed by atoms with Crippen LogP contribution in [-0.2, 0) is 21.6 Å². The number of amides is 1. The molecule has 0 saturated carbocycles. The SMILES string of the molecule is CC(Cc1ccccc1)NC(=O)C(N)CCCCN=C(N)N.O=S(=O)([O-])[O-]. The Morgan fingerprint density at radius 1 is 1.19 bits per heavy atom. The maximum absolute atomic E-state index is 12.0. The van der Waals surface area contributed by atoms with Crippen molar-refractivity contribution in [2.75, 3.05) is 6.54 Å². The predicted molar refractivity (Wildman–Crippen MR) is 101 cm³/mol. The minimum atomic E-state index is -5.17. The Hall–Kier alpha value is -2.21. The Balaban J connectivity index is 0.00000119. The predicted octanol–water partition coefficient (Wildman–Crippen LogP) is -0.833. The van der Waals surface area contributed by atoms with Crippen LogP contribution in [0.1, 0.15) is 31.7 Å². The average molecular weight is 401 g/mol. The second-order valence-electron chi connectivity index (χ2n) is 5.92. The molecule has 1 aromatic carbocycles. The van der Waals surface area contributed by atoms with E-state index < -0.39 is 16.4 Å². The number of guanidine groups is 1. The van der Waals surface area contributed by atoms with E-state index in [4.69, 9.17) is 34.7 Å². The van der Waals surface area contributed by atoms with E-state index in [9.17, 15) is 4.79 Å². The Bertz CT molecular complexity index is 670. The number of nitrogens with zero attached hydrogens (tertiary/aromatic N) is 1. The molecule has 0 aliphatic heterocycles. The third kappa shape index (κ3) is 17.0. The largest absolute Gasteiger partial charge is 0.759 e. The van der Waals surface area contributed by atoms with Gasteiger partial charge < -0.3 is 31.6 Å². The van der Waals surface area contributed by atoms with Gasteiger partial charge in [0, 0.05) is 23.0 Å². The summed E-state index contributed by atoms with van der Waals surface area (Å²) in [7, 11) is -5.17. The molecule has 0 aromatic heterocycles. The molecule has 0 saturated heterocycles. The summed E-state index contributed by atoms with van der Waals surface area (Å²) in [4.78, 5) is 15.9. The first-order valence-corrected chi connectivity index (χ1v) is 9.64. The van der Waals surface area contributed by atoms with Gasteiger partial charge in [0.25, 0.3) is 0 Å². The number of carbonyl (C=O) groups is 1. The van der Waals surface area contributed by atoms with Crippen molar-refractivity contribution in [1.29, 1.82) is 0 Å². The maximum atomic E-state index is 12.0. The fourth-order valence-corrected chi connectivity index (χ4v) is 2.18. The third-order valence-electron chi connectivity index (χ3n) is 3.33. The van der Waals surface area contributed by atoms with Crippen molar-refractivity contribution in [3.63, 3.8) is 0 Å². The zero-order valence-corrected chi connectivity index (χ0v) is 16.0. The molecule has 1 amide bonds. The highest BCUT2D eigenvalue weighted by atomic mass is 32.3. The summed E-state index contributed by atoms with van der Waals surface area (Å²) in [5, 5.41) is 2.96. The number of benzene rings is 1. The first-order chi connectivity index (χ1) is 12.5. The van der Waals surface area contributed by atoms with Gasteiger partial charge in [-0.15, -0.1) is 0 Å². The Morgan fingerprint density at radius 3 is 2.26 bits per heavy atom. The number of nitrogens with one attached hydrogen (secondary N) is 1. The fourth-order valence-electron chi connectivity index (χ4n) is 2.18. The zero-order chi connectivity index (χ0) is 20.9. The van der Waals surface area contributed by atoms with Crippen molar-refractivity contribution in [2.45, 2.75) is 44.7 Å². The Labute approximate surface area is 159 Å². The van der Waals surface area contributed by atoms with Crippen molar-refractivity contribution in [1.82, 2.24) is 5.32 Å². The number of rotatable bonds is 9. The summed E-state index contributed by atoms with van der Waals surface area (Å²) in [6, 6.07) is 9.63. The number of aliphatic imine (C=N–C) groups is 1. The molecule has 2 atom stereocenters. The topological polar surface area (TPSA) is 200 Å². The van der Waals surface area contributed by atoms with E-state index in [1.165, 1.54) is 5.56 Å². The molecule has 0 fully saturated rings. The normalized spacial score (nSPS) is 12.9. The maximum Gasteiger partial charge on any atom is 0.237 e. The van der Waals surface area contributed by atoms with Gasteiger partial charge in [-0.2, -0.15) is 0 Å². The second-order valence-corrected chi connectivity index (χ2v) is 6.73. The quantitative estimate of drug-likeness (QED) is 0.135. The average Bonchev–Trinajstić information content (AvgIpc) is 2.53. The summed E-state index contributed by atoms with van der Waals surface area (Å²) >= 11 is 0. The second kappa shape index (κ2) is 13.0. The molecule has 154 valence electrons. The molecule has 0 bridgehead atoms. The number of hydrogen-bond donors (Lipinski definition) is 4. The Kier molecular flexibility index (Phi) is 12.0. The molecule has 11 heteroatoms. The van der Waals surface area contributed by atoms with Crippen LogP contribution in [0.15, 0.2) is 35.3 Å². The molecule has 1 rings (SSSR count). The van der Waals surface area contributed by atoms with E-state index in [1.807, 2.05) is 37.3 Å². The van der Waals surface area contributed by atoms with E-state index in [0.29, 0.717) is 13.0 Å². The molecule has 27 heavy (non-hydrogen) atoms. The third-order valence-corrected chi connectivity index (χ3v) is 3.33. The minimum absolute atomic E-state index is 0.0580. The van der Waals surface area contributed by atoms with Gasteiger partial charge >= 0.3 is 0 Å². The molecule has 1 aromatic rings. The van der Waals surface area contributed by atoms with Crippen LogP contribution in [0.2, 0.25) is 0 Å². The van der Waals surface area contributed by atoms with Gasteiger partial charge in [-0.3, -0.25) is 18.2 Å². The first-order valence-electron chi connectivity index (χ1n) is 8.31. The molecule has 0 spiro atoms. The lowest BCUT2D eigenvalue weighted by Gasteiger charge is -2.17. The van der Waals surface area contributed by atoms with Crippen LogP contribution in [0.4, 0.5) is 0 Å². The van der Waals surface area contributed by atoms with Gasteiger partial charge in [0.05, 0.1) is 6.04 Å². The van der Waals surface area contributed by atoms with Crippen LogP contribution >= 0.6 is 0 Å². The number of nitrogens with two attached hydrogens (primary N) is 3. The summed E-state index contributed by atoms with van der Waals surface area (Å²) in [5.74, 6) is -0.0120. The van der Waals surface area contributed by atoms with E-state index in [2.05, 4.69) is 10.3 Å². The van der Waals surface area contributed by atoms with E-state index in [-0.39, 0.29) is 17.9 Å². The molecule has 0 radical (unpaired) electrons. The minimum Gasteiger partial charge on any atom is -0.759 e. The van der Waals surface area contributed by atoms with Gasteiger partial charge in [0.2, 0.25) is 5.91 Å². The van der Waals surface area contributed by atoms with Crippen molar-refractivity contribution < 1.29 is 22.3 Å². The van der Waals surface area contributed by atoms with Crippen LogP contribution in [-0.4, -0.2) is 48.0 Å². The molecule has 0 heterocycles. The van der Waals surface area contributed by atoms with Crippen molar-refractivity contribution in [3.05, 3.63) is 35.9 Å². The molecule has 0 aliphatic carbocycles. The van der Waals surface area contributed by atoms with Crippen molar-refractivity contribution in [2.24, 2.45) is 22.2 Å². The number of carbonyl (C=O) groups excluding carboxylic acids is 1. The smallest absolute Gasteiger partial charge is 0.237 e. The Morgan fingerprint density at radius 2 is 1.74 bits per heavy atom. The van der Waals surface area contributed by atoms with Crippen LogP contribution in [0.5, 0.6) is 0 Å². The summed E-state index contributed by atoms with van der Waals surface area (Å²) < 4.78 is 34.1. The summed E-state index contributed by atoms with van der Waals surface area (Å²) in [5.41, 5.74) is 17.6. The van der Waals surface area contributed by atoms with Gasteiger partial charge in [-0.25, -0.2) is 0 Å². The van der Waals surface area contributed by atoms with Crippen molar-refractivity contribution >= 4 is 22.3 Å². The molecule has 0 aliphatic rings. The standard InChI is InChI=1S/C16H27N5O.H2O4S/c1-12(11-13-7-3-2-4-8-13)21-15(22)14(17)9-5-6-10-20-16(18)19;1-5(2,3)4/h2-4,7-8,12,14H,5-6,9-11,17H2,1H3,(H,21,22)(H4,18,19,20);(H2,1,2,3,4)/p-2. The lowest BCUT2D eigenvalue weighted by atomic mass is 10.1. The monoisotopic (exact) mass is 401 g/mol. The van der Waals surface area contributed by atoms with E-state index >= 15 is 0 Å². The molecular formula is C16H27N5O5S-2. The molecule has 10 nitrogen and oxygen atoms in total. The van der Waals surface area contributed by atoms with Gasteiger partial charge in [0.1, 0.15) is 0 Å². The van der Waals surface area contributed by atoms with Gasteiger partial charge in [0.15, 0.2) is 5.96 Å². The number of unbranched alkanes of at least 4 members (excludes halogenated alkanes) is 1. The summed E-state index contributed by atoms with van der Waals surface area (Å²) in [6.07, 6.45) is 3.06. The highest BCUT2D eigenvalue weighted by Gasteiger charge is 2.15. The first kappa shape index (κ1) is 24.8. The van der Waals surface area contributed by atoms with E-state index in [1.54, 1.807) is 0 Å². The van der Waals surface area contributed by atoms with Gasteiger partial charge in [-0.1, -0.05) is 30.3 Å². The van der Waals surface area contributed by atoms with E-state index in [0.717, 1.165) is 19.3 Å². The molecule has 2 unspecified atom stereocenters.